The number of rotatable bonds is 2. The van der Waals surface area contributed by atoms with Crippen LogP contribution in [0.1, 0.15) is 10.5 Å². The molecule has 0 N–H and O–H groups in total. The molecule has 1 saturated heterocycles. The fourth-order valence-electron chi connectivity index (χ4n) is 2.12. The number of nitrogens with zero attached hydrogens (tertiary/aromatic N) is 3. The fraction of sp³-hybridized carbons (Fsp3) is 0.286. The highest BCUT2D eigenvalue weighted by molar-refractivity contribution is 9.10. The van der Waals surface area contributed by atoms with E-state index in [1.165, 1.54) is 0 Å². The Kier molecular flexibility index (Phi) is 3.84. The maximum absolute atomic E-state index is 12.3. The lowest BCUT2D eigenvalue weighted by Gasteiger charge is -2.25. The van der Waals surface area contributed by atoms with Gasteiger partial charge in [-0.25, -0.2) is 4.98 Å². The van der Waals surface area contributed by atoms with E-state index in [1.807, 2.05) is 28.8 Å². The molecule has 0 unspecified atom stereocenters. The molecule has 6 heteroatoms. The summed E-state index contributed by atoms with van der Waals surface area (Å²) in [6.45, 7) is 2.45. The zero-order valence-corrected chi connectivity index (χ0v) is 12.4. The molecule has 0 bridgehead atoms. The van der Waals surface area contributed by atoms with Crippen LogP contribution in [0, 0.1) is 0 Å². The van der Waals surface area contributed by atoms with E-state index >= 15 is 0 Å². The van der Waals surface area contributed by atoms with Gasteiger partial charge in [-0.1, -0.05) is 15.9 Å². The van der Waals surface area contributed by atoms with Gasteiger partial charge in [0.25, 0.3) is 5.91 Å². The monoisotopic (exact) mass is 335 g/mol. The quantitative estimate of drug-likeness (QED) is 0.844. The van der Waals surface area contributed by atoms with Crippen molar-refractivity contribution < 1.29 is 9.53 Å². The lowest BCUT2D eigenvalue weighted by atomic mass is 10.3. The van der Waals surface area contributed by atoms with E-state index in [0.29, 0.717) is 32.0 Å². The summed E-state index contributed by atoms with van der Waals surface area (Å²) in [5, 5.41) is 0. The second-order valence-corrected chi connectivity index (χ2v) is 5.46. The normalized spacial score (nSPS) is 15.3. The summed E-state index contributed by atoms with van der Waals surface area (Å²) in [4.78, 5) is 18.3. The molecule has 0 spiro atoms. The van der Waals surface area contributed by atoms with Crippen LogP contribution in [0.5, 0.6) is 0 Å². The molecule has 1 aliphatic rings. The van der Waals surface area contributed by atoms with Gasteiger partial charge in [-0.15, -0.1) is 0 Å². The average molecular weight is 336 g/mol. The van der Waals surface area contributed by atoms with Gasteiger partial charge in [0.1, 0.15) is 12.0 Å². The first-order valence-corrected chi connectivity index (χ1v) is 7.20. The van der Waals surface area contributed by atoms with Crippen molar-refractivity contribution in [1.29, 1.82) is 0 Å². The third kappa shape index (κ3) is 2.76. The first-order valence-electron chi connectivity index (χ1n) is 6.41. The maximum atomic E-state index is 12.3. The minimum atomic E-state index is -0.0378. The van der Waals surface area contributed by atoms with Crippen LogP contribution in [0.15, 0.2) is 41.3 Å². The predicted octanol–water partition coefficient (Wildman–Crippen LogP) is 2.11. The molecule has 0 radical (unpaired) electrons. The Morgan fingerprint density at radius 2 is 1.90 bits per heavy atom. The van der Waals surface area contributed by atoms with Crippen molar-refractivity contribution in [2.75, 3.05) is 26.3 Å². The first kappa shape index (κ1) is 13.3. The van der Waals surface area contributed by atoms with Crippen molar-refractivity contribution in [3.05, 3.63) is 47.0 Å². The van der Waals surface area contributed by atoms with Crippen molar-refractivity contribution in [2.45, 2.75) is 0 Å². The van der Waals surface area contributed by atoms with Gasteiger partial charge in [-0.2, -0.15) is 0 Å². The molecule has 1 aliphatic heterocycles. The second-order valence-electron chi connectivity index (χ2n) is 4.55. The number of ether oxygens (including phenoxy) is 1. The number of imidazole rings is 1. The number of carbonyl (C=O) groups is 1. The summed E-state index contributed by atoms with van der Waals surface area (Å²) < 4.78 is 8.11. The summed E-state index contributed by atoms with van der Waals surface area (Å²) in [5.41, 5.74) is 1.44. The molecule has 2 aromatic rings. The molecule has 0 aliphatic carbocycles. The van der Waals surface area contributed by atoms with Crippen LogP contribution in [-0.2, 0) is 4.74 Å². The largest absolute Gasteiger partial charge is 0.378 e. The molecule has 1 amide bonds. The average Bonchev–Trinajstić information content (AvgIpc) is 2.98. The highest BCUT2D eigenvalue weighted by Gasteiger charge is 2.20. The highest BCUT2D eigenvalue weighted by Crippen LogP contribution is 2.15. The van der Waals surface area contributed by atoms with Crippen molar-refractivity contribution in [3.63, 3.8) is 0 Å². The molecule has 20 heavy (non-hydrogen) atoms. The maximum Gasteiger partial charge on any atom is 0.274 e. The lowest BCUT2D eigenvalue weighted by molar-refractivity contribution is 0.0299. The Balaban J connectivity index is 1.79. The van der Waals surface area contributed by atoms with Crippen molar-refractivity contribution >= 4 is 21.8 Å². The zero-order chi connectivity index (χ0) is 13.9. The van der Waals surface area contributed by atoms with Crippen molar-refractivity contribution in [2.24, 2.45) is 0 Å². The lowest BCUT2D eigenvalue weighted by Crippen LogP contribution is -2.40. The molecule has 1 aromatic carbocycles. The van der Waals surface area contributed by atoms with Gasteiger partial charge in [0.2, 0.25) is 0 Å². The van der Waals surface area contributed by atoms with E-state index in [4.69, 9.17) is 4.74 Å². The smallest absolute Gasteiger partial charge is 0.274 e. The van der Waals surface area contributed by atoms with Crippen LogP contribution >= 0.6 is 15.9 Å². The van der Waals surface area contributed by atoms with Crippen LogP contribution < -0.4 is 0 Å². The van der Waals surface area contributed by atoms with Gasteiger partial charge < -0.3 is 14.2 Å². The molecule has 0 saturated carbocycles. The van der Waals surface area contributed by atoms with Crippen LogP contribution in [0.25, 0.3) is 5.69 Å². The van der Waals surface area contributed by atoms with Gasteiger partial charge in [0.15, 0.2) is 0 Å². The van der Waals surface area contributed by atoms with E-state index in [9.17, 15) is 4.79 Å². The number of hydrogen-bond donors (Lipinski definition) is 0. The topological polar surface area (TPSA) is 47.4 Å². The van der Waals surface area contributed by atoms with Gasteiger partial charge >= 0.3 is 0 Å². The van der Waals surface area contributed by atoms with Gasteiger partial charge in [-0.3, -0.25) is 4.79 Å². The van der Waals surface area contributed by atoms with Gasteiger partial charge in [0, 0.05) is 29.4 Å². The SMILES string of the molecule is O=C(c1cn(-c2ccc(Br)cc2)cn1)N1CCOCC1. The predicted molar refractivity (Wildman–Crippen MR) is 78.0 cm³/mol. The van der Waals surface area contributed by atoms with Crippen LogP contribution in [0.4, 0.5) is 0 Å². The molecule has 1 fully saturated rings. The standard InChI is InChI=1S/C14H14BrN3O2/c15-11-1-3-12(4-2-11)18-9-13(16-10-18)14(19)17-5-7-20-8-6-17/h1-4,9-10H,5-8H2. The minimum Gasteiger partial charge on any atom is -0.378 e. The Hall–Kier alpha value is -1.66. The zero-order valence-electron chi connectivity index (χ0n) is 10.8. The van der Waals surface area contributed by atoms with E-state index in [0.717, 1.165) is 10.2 Å². The number of halogens is 1. The number of aromatic nitrogens is 2. The number of morpholine rings is 1. The fourth-order valence-corrected chi connectivity index (χ4v) is 2.38. The van der Waals surface area contributed by atoms with E-state index in [2.05, 4.69) is 20.9 Å². The summed E-state index contributed by atoms with van der Waals surface area (Å²) in [6.07, 6.45) is 3.43. The third-order valence-corrected chi connectivity index (χ3v) is 3.75. The number of hydrogen-bond acceptors (Lipinski definition) is 3. The van der Waals surface area contributed by atoms with Crippen molar-refractivity contribution in [1.82, 2.24) is 14.5 Å². The van der Waals surface area contributed by atoms with Crippen LogP contribution in [-0.4, -0.2) is 46.7 Å². The molecule has 5 nitrogen and oxygen atoms in total. The van der Waals surface area contributed by atoms with Crippen LogP contribution in [0.2, 0.25) is 0 Å². The Morgan fingerprint density at radius 1 is 1.20 bits per heavy atom. The Labute approximate surface area is 125 Å². The third-order valence-electron chi connectivity index (χ3n) is 3.22. The molecular formula is C14H14BrN3O2. The molecular weight excluding hydrogens is 322 g/mol. The van der Waals surface area contributed by atoms with Crippen molar-refractivity contribution in [3.8, 4) is 5.69 Å². The molecule has 2 heterocycles. The highest BCUT2D eigenvalue weighted by atomic mass is 79.9. The summed E-state index contributed by atoms with van der Waals surface area (Å²) in [5.74, 6) is -0.0378. The second kappa shape index (κ2) is 5.76. The molecule has 104 valence electrons. The van der Waals surface area contributed by atoms with E-state index in [-0.39, 0.29) is 5.91 Å². The Bertz CT molecular complexity index is 603. The Morgan fingerprint density at radius 3 is 2.60 bits per heavy atom. The molecule has 3 rings (SSSR count). The number of carbonyl (C=O) groups excluding carboxylic acids is 1. The van der Waals surface area contributed by atoms with E-state index in [1.54, 1.807) is 17.4 Å². The van der Waals surface area contributed by atoms with E-state index < -0.39 is 0 Å². The summed E-state index contributed by atoms with van der Waals surface area (Å²) in [7, 11) is 0. The van der Waals surface area contributed by atoms with Gasteiger partial charge in [-0.05, 0) is 24.3 Å². The van der Waals surface area contributed by atoms with Crippen LogP contribution in [0.3, 0.4) is 0 Å². The summed E-state index contributed by atoms with van der Waals surface area (Å²) in [6, 6.07) is 7.85. The first-order chi connectivity index (χ1) is 9.74. The number of amides is 1. The summed E-state index contributed by atoms with van der Waals surface area (Å²) >= 11 is 3.40. The molecule has 1 aromatic heterocycles. The van der Waals surface area contributed by atoms with Gasteiger partial charge in [0.05, 0.1) is 13.2 Å². The molecule has 0 atom stereocenters. The number of benzene rings is 1. The minimum absolute atomic E-state index is 0.0378.